The maximum Gasteiger partial charge on any atom is 0.337 e. The van der Waals surface area contributed by atoms with Crippen molar-refractivity contribution in [3.63, 3.8) is 0 Å². The number of urea groups is 1. The Balaban J connectivity index is 1.80. The van der Waals surface area contributed by atoms with Crippen LogP contribution in [0.3, 0.4) is 0 Å². The van der Waals surface area contributed by atoms with Gasteiger partial charge in [0.2, 0.25) is 0 Å². The molecular formula is C21H20N4O4. The molecule has 3 rings (SSSR count). The number of anilines is 2. The SMILES string of the molecule is Cc1ccc(C)c(NC(=O)Nc2ccc(-c3c(C(=O)O)c[nH]c3C(N)=O)cc2)c1. The Morgan fingerprint density at radius 1 is 1.00 bits per heavy atom. The minimum Gasteiger partial charge on any atom is -0.478 e. The molecule has 1 aromatic heterocycles. The lowest BCUT2D eigenvalue weighted by molar-refractivity contribution is 0.0697. The molecule has 3 amide bonds. The molecule has 0 radical (unpaired) electrons. The summed E-state index contributed by atoms with van der Waals surface area (Å²) in [6, 6.07) is 11.8. The molecular weight excluding hydrogens is 372 g/mol. The van der Waals surface area contributed by atoms with Crippen LogP contribution in [0.25, 0.3) is 11.1 Å². The van der Waals surface area contributed by atoms with Crippen LogP contribution in [0.4, 0.5) is 16.2 Å². The van der Waals surface area contributed by atoms with E-state index in [0.29, 0.717) is 16.9 Å². The van der Waals surface area contributed by atoms with Crippen LogP contribution >= 0.6 is 0 Å². The Morgan fingerprint density at radius 3 is 2.31 bits per heavy atom. The van der Waals surface area contributed by atoms with E-state index in [1.54, 1.807) is 24.3 Å². The molecule has 0 atom stereocenters. The van der Waals surface area contributed by atoms with Crippen LogP contribution in [0, 0.1) is 13.8 Å². The lowest BCUT2D eigenvalue weighted by Gasteiger charge is -2.11. The van der Waals surface area contributed by atoms with E-state index in [-0.39, 0.29) is 16.8 Å². The molecule has 148 valence electrons. The van der Waals surface area contributed by atoms with Gasteiger partial charge in [-0.2, -0.15) is 0 Å². The molecule has 29 heavy (non-hydrogen) atoms. The minimum atomic E-state index is -1.18. The number of amides is 3. The van der Waals surface area contributed by atoms with Gasteiger partial charge < -0.3 is 26.5 Å². The van der Waals surface area contributed by atoms with Gasteiger partial charge >= 0.3 is 12.0 Å². The highest BCUT2D eigenvalue weighted by molar-refractivity contribution is 6.06. The first-order valence-corrected chi connectivity index (χ1v) is 8.76. The number of carboxylic acids is 1. The van der Waals surface area contributed by atoms with Crippen molar-refractivity contribution in [1.29, 1.82) is 0 Å². The summed E-state index contributed by atoms with van der Waals surface area (Å²) in [6.07, 6.45) is 1.22. The highest BCUT2D eigenvalue weighted by Gasteiger charge is 2.21. The molecule has 0 fully saturated rings. The summed E-state index contributed by atoms with van der Waals surface area (Å²) in [6.45, 7) is 3.84. The summed E-state index contributed by atoms with van der Waals surface area (Å²) < 4.78 is 0. The third kappa shape index (κ3) is 4.27. The number of carboxylic acid groups (broad SMARTS) is 1. The topological polar surface area (TPSA) is 137 Å². The number of aromatic amines is 1. The second-order valence-corrected chi connectivity index (χ2v) is 6.60. The number of benzene rings is 2. The molecule has 8 nitrogen and oxygen atoms in total. The number of nitrogens with two attached hydrogens (primary N) is 1. The third-order valence-corrected chi connectivity index (χ3v) is 4.43. The third-order valence-electron chi connectivity index (χ3n) is 4.43. The van der Waals surface area contributed by atoms with Crippen LogP contribution in [0.2, 0.25) is 0 Å². The molecule has 0 saturated heterocycles. The summed E-state index contributed by atoms with van der Waals surface area (Å²) in [5.41, 5.74) is 9.15. The van der Waals surface area contributed by atoms with Crippen molar-refractivity contribution >= 4 is 29.3 Å². The van der Waals surface area contributed by atoms with Gasteiger partial charge in [0.25, 0.3) is 5.91 Å². The van der Waals surface area contributed by atoms with Crippen molar-refractivity contribution < 1.29 is 19.5 Å². The van der Waals surface area contributed by atoms with E-state index in [0.717, 1.165) is 11.1 Å². The van der Waals surface area contributed by atoms with Crippen LogP contribution in [0.5, 0.6) is 0 Å². The number of aromatic nitrogens is 1. The Labute approximate surface area is 166 Å². The number of carbonyl (C=O) groups excluding carboxylic acids is 2. The van der Waals surface area contributed by atoms with Crippen molar-refractivity contribution in [2.45, 2.75) is 13.8 Å². The molecule has 0 aliphatic heterocycles. The fourth-order valence-corrected chi connectivity index (χ4v) is 2.96. The quantitative estimate of drug-likeness (QED) is 0.451. The molecule has 0 aliphatic rings. The molecule has 8 heteroatoms. The second kappa shape index (κ2) is 7.89. The Hall–Kier alpha value is -4.07. The summed E-state index contributed by atoms with van der Waals surface area (Å²) in [7, 11) is 0. The molecule has 6 N–H and O–H groups in total. The van der Waals surface area contributed by atoms with Crippen LogP contribution in [0.15, 0.2) is 48.7 Å². The standard InChI is InChI=1S/C21H20N4O4/c1-11-3-4-12(2)16(9-11)25-21(29)24-14-7-5-13(6-8-14)17-15(20(27)28)10-23-18(17)19(22)26/h3-10,23H,1-2H3,(H2,22,26)(H,27,28)(H2,24,25,29). The molecule has 0 bridgehead atoms. The molecule has 0 saturated carbocycles. The zero-order valence-corrected chi connectivity index (χ0v) is 15.9. The molecule has 2 aromatic carbocycles. The number of hydrogen-bond acceptors (Lipinski definition) is 3. The van der Waals surface area contributed by atoms with Crippen LogP contribution in [-0.4, -0.2) is 28.0 Å². The number of hydrogen-bond donors (Lipinski definition) is 5. The average molecular weight is 392 g/mol. The molecule has 1 heterocycles. The average Bonchev–Trinajstić information content (AvgIpc) is 3.11. The number of nitrogens with one attached hydrogen (secondary N) is 3. The smallest absolute Gasteiger partial charge is 0.337 e. The number of H-pyrrole nitrogens is 1. The predicted octanol–water partition coefficient (Wildman–Crippen LogP) is 3.74. The van der Waals surface area contributed by atoms with E-state index < -0.39 is 17.9 Å². The Morgan fingerprint density at radius 2 is 1.69 bits per heavy atom. The Bertz CT molecular complexity index is 1070. The minimum absolute atomic E-state index is 0.00998. The fraction of sp³-hybridized carbons (Fsp3) is 0.0952. The van der Waals surface area contributed by atoms with Crippen molar-refractivity contribution in [3.05, 3.63) is 71.0 Å². The van der Waals surface area contributed by atoms with E-state index in [4.69, 9.17) is 5.73 Å². The van der Waals surface area contributed by atoms with Gasteiger partial charge in [-0.25, -0.2) is 9.59 Å². The van der Waals surface area contributed by atoms with Crippen molar-refractivity contribution in [2.75, 3.05) is 10.6 Å². The predicted molar refractivity (Wildman–Crippen MR) is 110 cm³/mol. The maximum absolute atomic E-state index is 12.3. The lowest BCUT2D eigenvalue weighted by atomic mass is 10.0. The number of aryl methyl sites for hydroxylation is 2. The van der Waals surface area contributed by atoms with E-state index in [9.17, 15) is 19.5 Å². The summed E-state index contributed by atoms with van der Waals surface area (Å²) in [5, 5.41) is 14.9. The van der Waals surface area contributed by atoms with Gasteiger partial charge in [0.1, 0.15) is 5.69 Å². The Kier molecular flexibility index (Phi) is 5.36. The van der Waals surface area contributed by atoms with Gasteiger partial charge in [-0.1, -0.05) is 24.3 Å². The van der Waals surface area contributed by atoms with Crippen LogP contribution in [-0.2, 0) is 0 Å². The number of primary amides is 1. The van der Waals surface area contributed by atoms with Crippen molar-refractivity contribution in [1.82, 2.24) is 4.98 Å². The van der Waals surface area contributed by atoms with Crippen LogP contribution < -0.4 is 16.4 Å². The molecule has 3 aromatic rings. The first-order chi connectivity index (χ1) is 13.8. The summed E-state index contributed by atoms with van der Waals surface area (Å²) >= 11 is 0. The number of carbonyl (C=O) groups is 3. The first kappa shape index (κ1) is 19.7. The van der Waals surface area contributed by atoms with Gasteiger partial charge in [0, 0.05) is 23.1 Å². The van der Waals surface area contributed by atoms with Crippen LogP contribution in [0.1, 0.15) is 32.0 Å². The van der Waals surface area contributed by atoms with Gasteiger partial charge in [0.15, 0.2) is 0 Å². The van der Waals surface area contributed by atoms with Gasteiger partial charge in [-0.05, 0) is 48.7 Å². The molecule has 0 aliphatic carbocycles. The van der Waals surface area contributed by atoms with Crippen molar-refractivity contribution in [2.24, 2.45) is 5.73 Å². The first-order valence-electron chi connectivity index (χ1n) is 8.76. The highest BCUT2D eigenvalue weighted by Crippen LogP contribution is 2.29. The number of aromatic carboxylic acids is 1. The monoisotopic (exact) mass is 392 g/mol. The van der Waals surface area contributed by atoms with Gasteiger partial charge in [-0.15, -0.1) is 0 Å². The summed E-state index contributed by atoms with van der Waals surface area (Å²) in [4.78, 5) is 37.9. The maximum atomic E-state index is 12.3. The molecule has 0 spiro atoms. The lowest BCUT2D eigenvalue weighted by Crippen LogP contribution is -2.20. The zero-order chi connectivity index (χ0) is 21.1. The van der Waals surface area contributed by atoms with Crippen molar-refractivity contribution in [3.8, 4) is 11.1 Å². The molecule has 0 unspecified atom stereocenters. The highest BCUT2D eigenvalue weighted by atomic mass is 16.4. The fourth-order valence-electron chi connectivity index (χ4n) is 2.96. The zero-order valence-electron chi connectivity index (χ0n) is 15.9. The number of rotatable bonds is 5. The van der Waals surface area contributed by atoms with E-state index in [1.165, 1.54) is 6.20 Å². The van der Waals surface area contributed by atoms with Gasteiger partial charge in [0.05, 0.1) is 5.56 Å². The normalized spacial score (nSPS) is 10.4. The van der Waals surface area contributed by atoms with Gasteiger partial charge in [-0.3, -0.25) is 4.79 Å². The van der Waals surface area contributed by atoms with E-state index in [2.05, 4.69) is 15.6 Å². The van der Waals surface area contributed by atoms with E-state index in [1.807, 2.05) is 32.0 Å². The summed E-state index contributed by atoms with van der Waals surface area (Å²) in [5.74, 6) is -1.94. The van der Waals surface area contributed by atoms with E-state index >= 15 is 0 Å². The second-order valence-electron chi connectivity index (χ2n) is 6.60. The largest absolute Gasteiger partial charge is 0.478 e.